The minimum atomic E-state index is 0.0806. The number of halogens is 1. The summed E-state index contributed by atoms with van der Waals surface area (Å²) in [7, 11) is 0. The monoisotopic (exact) mass is 276 g/mol. The van der Waals surface area contributed by atoms with Crippen LogP contribution in [0.15, 0.2) is 0 Å². The van der Waals surface area contributed by atoms with E-state index in [1.54, 1.807) is 0 Å². The maximum Gasteiger partial charge on any atom is 0.230 e. The average Bonchev–Trinajstić information content (AvgIpc) is 2.27. The van der Waals surface area contributed by atoms with Crippen molar-refractivity contribution in [2.45, 2.75) is 26.7 Å². The zero-order valence-electron chi connectivity index (χ0n) is 9.61. The van der Waals surface area contributed by atoms with Crippen molar-refractivity contribution in [2.75, 3.05) is 25.0 Å². The van der Waals surface area contributed by atoms with E-state index in [-0.39, 0.29) is 11.3 Å². The van der Waals surface area contributed by atoms with E-state index < -0.39 is 0 Å². The molecule has 0 aromatic carbocycles. The summed E-state index contributed by atoms with van der Waals surface area (Å²) in [5, 5.41) is 6.73. The van der Waals surface area contributed by atoms with Gasteiger partial charge < -0.3 is 10.6 Å². The van der Waals surface area contributed by atoms with Crippen LogP contribution in [0.25, 0.3) is 0 Å². The molecule has 4 heteroatoms. The standard InChI is InChI=1S/C11H21BrN2O/c1-11(2,8-14-10(15)7-12)9-3-5-13-6-4-9/h9,13H,3-8H2,1-2H3,(H,14,15). The molecular weight excluding hydrogens is 256 g/mol. The first-order chi connectivity index (χ1) is 7.06. The van der Waals surface area contributed by atoms with E-state index in [9.17, 15) is 4.79 Å². The van der Waals surface area contributed by atoms with Gasteiger partial charge in [0.25, 0.3) is 0 Å². The molecule has 1 aliphatic heterocycles. The first-order valence-electron chi connectivity index (χ1n) is 5.59. The van der Waals surface area contributed by atoms with Gasteiger partial charge >= 0.3 is 0 Å². The van der Waals surface area contributed by atoms with Gasteiger partial charge in [0, 0.05) is 6.54 Å². The predicted octanol–water partition coefficient (Wildman–Crippen LogP) is 1.52. The lowest BCUT2D eigenvalue weighted by atomic mass is 9.74. The van der Waals surface area contributed by atoms with E-state index in [0.29, 0.717) is 5.33 Å². The Hall–Kier alpha value is -0.0900. The number of hydrogen-bond acceptors (Lipinski definition) is 2. The summed E-state index contributed by atoms with van der Waals surface area (Å²) in [5.74, 6) is 0.798. The molecule has 1 rings (SSSR count). The molecule has 2 N–H and O–H groups in total. The summed E-state index contributed by atoms with van der Waals surface area (Å²) in [6, 6.07) is 0. The van der Waals surface area contributed by atoms with Crippen LogP contribution in [0.5, 0.6) is 0 Å². The molecule has 0 aromatic heterocycles. The van der Waals surface area contributed by atoms with Gasteiger partial charge in [-0.3, -0.25) is 4.79 Å². The highest BCUT2D eigenvalue weighted by atomic mass is 79.9. The highest BCUT2D eigenvalue weighted by Gasteiger charge is 2.30. The quantitative estimate of drug-likeness (QED) is 0.765. The highest BCUT2D eigenvalue weighted by molar-refractivity contribution is 9.09. The number of carbonyl (C=O) groups is 1. The number of hydrogen-bond donors (Lipinski definition) is 2. The average molecular weight is 277 g/mol. The van der Waals surface area contributed by atoms with Gasteiger partial charge in [-0.25, -0.2) is 0 Å². The van der Waals surface area contributed by atoms with E-state index in [1.165, 1.54) is 12.8 Å². The topological polar surface area (TPSA) is 41.1 Å². The molecule has 0 atom stereocenters. The van der Waals surface area contributed by atoms with Crippen molar-refractivity contribution in [3.63, 3.8) is 0 Å². The molecule has 15 heavy (non-hydrogen) atoms. The number of alkyl halides is 1. The van der Waals surface area contributed by atoms with Gasteiger partial charge in [-0.15, -0.1) is 0 Å². The smallest absolute Gasteiger partial charge is 0.230 e. The minimum Gasteiger partial charge on any atom is -0.355 e. The molecule has 1 aliphatic rings. The Labute approximate surface area is 101 Å². The fraction of sp³-hybridized carbons (Fsp3) is 0.909. The third-order valence-electron chi connectivity index (χ3n) is 3.31. The van der Waals surface area contributed by atoms with Crippen LogP contribution in [0.2, 0.25) is 0 Å². The van der Waals surface area contributed by atoms with Crippen molar-refractivity contribution < 1.29 is 4.79 Å². The second-order valence-corrected chi connectivity index (χ2v) is 5.48. The van der Waals surface area contributed by atoms with Crippen LogP contribution >= 0.6 is 15.9 Å². The maximum absolute atomic E-state index is 11.2. The minimum absolute atomic E-state index is 0.0806. The van der Waals surface area contributed by atoms with E-state index in [2.05, 4.69) is 40.4 Å². The summed E-state index contributed by atoms with van der Waals surface area (Å²) in [6.45, 7) is 7.50. The lowest BCUT2D eigenvalue weighted by molar-refractivity contribution is -0.119. The summed E-state index contributed by atoms with van der Waals surface area (Å²) in [4.78, 5) is 11.2. The van der Waals surface area contributed by atoms with Crippen LogP contribution in [0.3, 0.4) is 0 Å². The summed E-state index contributed by atoms with van der Waals surface area (Å²) >= 11 is 3.16. The Morgan fingerprint density at radius 2 is 2.07 bits per heavy atom. The maximum atomic E-state index is 11.2. The molecule has 1 saturated heterocycles. The molecule has 0 aliphatic carbocycles. The zero-order chi connectivity index (χ0) is 11.3. The van der Waals surface area contributed by atoms with E-state index >= 15 is 0 Å². The lowest BCUT2D eigenvalue weighted by Gasteiger charge is -2.37. The van der Waals surface area contributed by atoms with Gasteiger partial charge in [0.1, 0.15) is 0 Å². The van der Waals surface area contributed by atoms with Crippen molar-refractivity contribution in [3.05, 3.63) is 0 Å². The molecule has 0 aromatic rings. The van der Waals surface area contributed by atoms with Crippen molar-refractivity contribution in [1.82, 2.24) is 10.6 Å². The molecule has 3 nitrogen and oxygen atoms in total. The molecule has 1 heterocycles. The van der Waals surface area contributed by atoms with Crippen molar-refractivity contribution in [3.8, 4) is 0 Å². The van der Waals surface area contributed by atoms with E-state index in [4.69, 9.17) is 0 Å². The molecule has 1 amide bonds. The van der Waals surface area contributed by atoms with Crippen LogP contribution in [-0.2, 0) is 4.79 Å². The predicted molar refractivity (Wildman–Crippen MR) is 66.2 cm³/mol. The number of carbonyl (C=O) groups excluding carboxylic acids is 1. The summed E-state index contributed by atoms with van der Waals surface area (Å²) in [5.41, 5.74) is 0.208. The second-order valence-electron chi connectivity index (χ2n) is 4.92. The Morgan fingerprint density at radius 3 is 2.60 bits per heavy atom. The molecule has 0 spiro atoms. The van der Waals surface area contributed by atoms with Gasteiger partial charge in [0.2, 0.25) is 5.91 Å². The number of piperidine rings is 1. The van der Waals surface area contributed by atoms with Crippen LogP contribution < -0.4 is 10.6 Å². The Morgan fingerprint density at radius 1 is 1.47 bits per heavy atom. The number of nitrogens with one attached hydrogen (secondary N) is 2. The van der Waals surface area contributed by atoms with Crippen LogP contribution in [-0.4, -0.2) is 30.9 Å². The van der Waals surface area contributed by atoms with Crippen LogP contribution in [0, 0.1) is 11.3 Å². The molecule has 0 unspecified atom stereocenters. The second kappa shape index (κ2) is 5.85. The number of amides is 1. The molecule has 0 bridgehead atoms. The molecule has 1 fully saturated rings. The third-order valence-corrected chi connectivity index (χ3v) is 3.82. The fourth-order valence-corrected chi connectivity index (χ4v) is 2.32. The summed E-state index contributed by atoms with van der Waals surface area (Å²) < 4.78 is 0. The molecule has 0 saturated carbocycles. The Bertz CT molecular complexity index is 213. The number of rotatable bonds is 4. The molecular formula is C11H21BrN2O. The van der Waals surface area contributed by atoms with Crippen LogP contribution in [0.1, 0.15) is 26.7 Å². The normalized spacial score (nSPS) is 18.9. The summed E-state index contributed by atoms with van der Waals surface area (Å²) in [6.07, 6.45) is 2.44. The van der Waals surface area contributed by atoms with E-state index in [1.807, 2.05) is 0 Å². The molecule has 88 valence electrons. The lowest BCUT2D eigenvalue weighted by Crippen LogP contribution is -2.43. The van der Waals surface area contributed by atoms with Crippen molar-refractivity contribution >= 4 is 21.8 Å². The van der Waals surface area contributed by atoms with Crippen molar-refractivity contribution in [1.29, 1.82) is 0 Å². The fourth-order valence-electron chi connectivity index (χ4n) is 2.12. The Kier molecular flexibility index (Phi) is 5.06. The van der Waals surface area contributed by atoms with Gasteiger partial charge in [-0.2, -0.15) is 0 Å². The van der Waals surface area contributed by atoms with Gasteiger partial charge in [0.05, 0.1) is 5.33 Å². The zero-order valence-corrected chi connectivity index (χ0v) is 11.2. The van der Waals surface area contributed by atoms with Gasteiger partial charge in [-0.05, 0) is 37.3 Å². The highest BCUT2D eigenvalue weighted by Crippen LogP contribution is 2.32. The van der Waals surface area contributed by atoms with Crippen LogP contribution in [0.4, 0.5) is 0 Å². The SMILES string of the molecule is CC(C)(CNC(=O)CBr)C1CCNCC1. The third kappa shape index (κ3) is 4.11. The Balaban J connectivity index is 2.38. The first-order valence-corrected chi connectivity index (χ1v) is 6.72. The van der Waals surface area contributed by atoms with E-state index in [0.717, 1.165) is 25.6 Å². The van der Waals surface area contributed by atoms with Crippen molar-refractivity contribution in [2.24, 2.45) is 11.3 Å². The van der Waals surface area contributed by atoms with Gasteiger partial charge in [-0.1, -0.05) is 29.8 Å². The molecule has 0 radical (unpaired) electrons. The first kappa shape index (κ1) is 13.0. The largest absolute Gasteiger partial charge is 0.355 e. The van der Waals surface area contributed by atoms with Gasteiger partial charge in [0.15, 0.2) is 0 Å².